The molecule has 0 spiro atoms. The fourth-order valence-corrected chi connectivity index (χ4v) is 7.98. The van der Waals surface area contributed by atoms with Gasteiger partial charge in [-0.05, 0) is 38.2 Å². The monoisotopic (exact) mass is 883 g/mol. The van der Waals surface area contributed by atoms with Crippen LogP contribution in [0.25, 0.3) is 0 Å². The topological polar surface area (TPSA) is 200 Å². The lowest BCUT2D eigenvalue weighted by Crippen LogP contribution is -2.44. The lowest BCUT2D eigenvalue weighted by atomic mass is 10.0. The van der Waals surface area contributed by atoms with Crippen LogP contribution in [0.1, 0.15) is 225 Å². The first-order valence-electron chi connectivity index (χ1n) is 24.1. The Bertz CT molecular complexity index is 1440. The van der Waals surface area contributed by atoms with Gasteiger partial charge < -0.3 is 35.0 Å². The van der Waals surface area contributed by atoms with Crippen LogP contribution in [0.5, 0.6) is 0 Å². The van der Waals surface area contributed by atoms with Crippen LogP contribution in [0.15, 0.2) is 17.1 Å². The normalized spacial score (nSPS) is 17.0. The van der Waals surface area contributed by atoms with Gasteiger partial charge in [-0.25, -0.2) is 4.79 Å². The molecule has 356 valence electrons. The molecule has 0 amide bonds. The molecule has 0 aromatic carbocycles. The Morgan fingerprint density at radius 2 is 1.02 bits per heavy atom. The Morgan fingerprint density at radius 1 is 0.645 bits per heavy atom. The molecular formula is C47H78F2N3O10-. The van der Waals surface area contributed by atoms with Crippen LogP contribution >= 0.6 is 0 Å². The Morgan fingerprint density at radius 3 is 1.40 bits per heavy atom. The quantitative estimate of drug-likeness (QED) is 0.0468. The second kappa shape index (κ2) is 33.9. The van der Waals surface area contributed by atoms with Gasteiger partial charge in [0, 0.05) is 31.4 Å². The van der Waals surface area contributed by atoms with E-state index in [9.17, 15) is 29.1 Å². The number of aromatic nitrogens is 2. The molecule has 1 unspecified atom stereocenters. The molecule has 62 heavy (non-hydrogen) atoms. The Hall–Kier alpha value is -3.62. The van der Waals surface area contributed by atoms with Crippen LogP contribution in [-0.2, 0) is 33.4 Å². The van der Waals surface area contributed by atoms with Gasteiger partial charge in [-0.1, -0.05) is 167 Å². The summed E-state index contributed by atoms with van der Waals surface area (Å²) >= 11 is 0. The van der Waals surface area contributed by atoms with Crippen molar-refractivity contribution in [2.45, 2.75) is 243 Å². The van der Waals surface area contributed by atoms with Crippen LogP contribution in [-0.4, -0.2) is 63.3 Å². The number of unbranched alkanes of at least 4 members (excludes halogenated alkanes) is 28. The largest absolute Gasteiger partial charge is 0.550 e. The maximum atomic E-state index is 15.9. The van der Waals surface area contributed by atoms with Gasteiger partial charge in [0.15, 0.2) is 6.10 Å². The maximum Gasteiger partial charge on any atom is 0.351 e. The van der Waals surface area contributed by atoms with Crippen molar-refractivity contribution in [3.8, 4) is 0 Å². The molecule has 1 fully saturated rings. The number of alkyl halides is 2. The van der Waals surface area contributed by atoms with Crippen molar-refractivity contribution in [2.24, 2.45) is 0 Å². The molecule has 3 atom stereocenters. The van der Waals surface area contributed by atoms with Crippen molar-refractivity contribution in [3.63, 3.8) is 0 Å². The third kappa shape index (κ3) is 25.5. The minimum absolute atomic E-state index is 0.0518. The Balaban J connectivity index is 1.62. The first-order chi connectivity index (χ1) is 29.9. The summed E-state index contributed by atoms with van der Waals surface area (Å²) in [5.41, 5.74) is 4.50. The van der Waals surface area contributed by atoms with E-state index >= 15 is 8.78 Å². The van der Waals surface area contributed by atoms with Gasteiger partial charge in [0.2, 0.25) is 6.23 Å². The second-order valence-electron chi connectivity index (χ2n) is 17.2. The van der Waals surface area contributed by atoms with Gasteiger partial charge >= 0.3 is 29.5 Å². The van der Waals surface area contributed by atoms with Crippen LogP contribution in [0.3, 0.4) is 0 Å². The standard InChI is InChI=1S/C47H79F2N3O10/c48-47(49)44(62-43(58)34-30-26-22-18-14-10-6-2-4-8-12-16-20-24-28-32-41(55)56)38(61-45(47)52-36-35-39(50)51-46(52)59)37-60-42(57)33-29-25-21-17-13-9-5-1-3-7-11-15-19-23-27-31-40(53)54/h35-36,38,44-45H,1-34,37H2,(H,53,54)(H,55,56)(H2,50,51,59)/p-1/t38-,44?,45-/m1/s1. The summed E-state index contributed by atoms with van der Waals surface area (Å²) in [5.74, 6) is -7.04. The van der Waals surface area contributed by atoms with Gasteiger partial charge in [0.25, 0.3) is 0 Å². The predicted molar refractivity (Wildman–Crippen MR) is 232 cm³/mol. The molecule has 2 rings (SSSR count). The fourth-order valence-electron chi connectivity index (χ4n) is 7.98. The molecule has 1 aromatic rings. The van der Waals surface area contributed by atoms with Crippen LogP contribution in [0.2, 0.25) is 0 Å². The average molecular weight is 883 g/mol. The minimum atomic E-state index is -3.83. The van der Waals surface area contributed by atoms with E-state index in [0.717, 1.165) is 103 Å². The summed E-state index contributed by atoms with van der Waals surface area (Å²) in [6, 6.07) is 1.19. The number of carboxylic acid groups (broad SMARTS) is 2. The number of esters is 2. The fraction of sp³-hybridized carbons (Fsp3) is 0.830. The zero-order valence-electron chi connectivity index (χ0n) is 37.5. The zero-order valence-corrected chi connectivity index (χ0v) is 37.5. The summed E-state index contributed by atoms with van der Waals surface area (Å²) in [4.78, 5) is 62.5. The van der Waals surface area contributed by atoms with Crippen LogP contribution in [0.4, 0.5) is 14.6 Å². The van der Waals surface area contributed by atoms with Crippen molar-refractivity contribution in [1.82, 2.24) is 9.55 Å². The SMILES string of the molecule is Nc1ccn([C@@H]2O[C@H](COC(=O)CCCCCCCCCCCCCCCCCC(=O)O)C(OC(=O)CCCCCCCCCCCCCCCCCC(=O)[O-])C2(F)F)c(=O)n1. The highest BCUT2D eigenvalue weighted by atomic mass is 19.3. The third-order valence-corrected chi connectivity index (χ3v) is 11.7. The lowest BCUT2D eigenvalue weighted by molar-refractivity contribution is -0.305. The molecule has 1 aromatic heterocycles. The van der Waals surface area contributed by atoms with E-state index in [1.807, 2.05) is 0 Å². The van der Waals surface area contributed by atoms with Crippen LogP contribution in [0, 0.1) is 0 Å². The van der Waals surface area contributed by atoms with Crippen molar-refractivity contribution in [2.75, 3.05) is 12.3 Å². The molecule has 1 aliphatic heterocycles. The highest BCUT2D eigenvalue weighted by Crippen LogP contribution is 2.44. The molecule has 2 heterocycles. The van der Waals surface area contributed by atoms with E-state index in [1.54, 1.807) is 0 Å². The van der Waals surface area contributed by atoms with E-state index < -0.39 is 60.5 Å². The molecule has 1 saturated heterocycles. The highest BCUT2D eigenvalue weighted by Gasteiger charge is 2.62. The first-order valence-corrected chi connectivity index (χ1v) is 24.1. The van der Waals surface area contributed by atoms with Crippen molar-refractivity contribution >= 4 is 29.7 Å². The van der Waals surface area contributed by atoms with E-state index in [0.29, 0.717) is 23.8 Å². The number of carboxylic acids is 2. The lowest BCUT2D eigenvalue weighted by Gasteiger charge is -2.24. The molecule has 0 radical (unpaired) electrons. The third-order valence-electron chi connectivity index (χ3n) is 11.7. The van der Waals surface area contributed by atoms with Gasteiger partial charge in [-0.2, -0.15) is 13.8 Å². The molecular weight excluding hydrogens is 805 g/mol. The van der Waals surface area contributed by atoms with E-state index in [-0.39, 0.29) is 31.5 Å². The summed E-state index contributed by atoms with van der Waals surface area (Å²) in [7, 11) is 0. The number of ether oxygens (including phenoxy) is 3. The number of halogens is 2. The number of nitrogens with zero attached hydrogens (tertiary/aromatic N) is 2. The Labute approximate surface area is 368 Å². The number of aliphatic carboxylic acids is 2. The second-order valence-corrected chi connectivity index (χ2v) is 17.2. The molecule has 1 aliphatic rings. The van der Waals surface area contributed by atoms with Gasteiger partial charge in [0.1, 0.15) is 18.5 Å². The van der Waals surface area contributed by atoms with Crippen molar-refractivity contribution < 1.29 is 52.4 Å². The molecule has 13 nitrogen and oxygen atoms in total. The smallest absolute Gasteiger partial charge is 0.351 e. The first kappa shape index (κ1) is 54.5. The number of anilines is 1. The van der Waals surface area contributed by atoms with E-state index in [1.165, 1.54) is 83.1 Å². The number of carbonyl (C=O) groups is 4. The number of rotatable bonds is 40. The van der Waals surface area contributed by atoms with Crippen LogP contribution < -0.4 is 16.5 Å². The number of carbonyl (C=O) groups excluding carboxylic acids is 3. The van der Waals surface area contributed by atoms with Gasteiger partial charge in [-0.3, -0.25) is 19.0 Å². The molecule has 3 N–H and O–H groups in total. The van der Waals surface area contributed by atoms with E-state index in [2.05, 4.69) is 4.98 Å². The predicted octanol–water partition coefficient (Wildman–Crippen LogP) is 9.91. The highest BCUT2D eigenvalue weighted by molar-refractivity contribution is 5.70. The summed E-state index contributed by atoms with van der Waals surface area (Å²) < 4.78 is 48.6. The average Bonchev–Trinajstić information content (AvgIpc) is 3.46. The molecule has 0 saturated carbocycles. The maximum absolute atomic E-state index is 15.9. The molecule has 0 bridgehead atoms. The summed E-state index contributed by atoms with van der Waals surface area (Å²) in [5, 5.41) is 19.1. The van der Waals surface area contributed by atoms with Gasteiger partial charge in [-0.15, -0.1) is 0 Å². The molecule has 0 aliphatic carbocycles. The number of nitrogens with two attached hydrogens (primary N) is 1. The minimum Gasteiger partial charge on any atom is -0.550 e. The molecule has 15 heteroatoms. The zero-order chi connectivity index (χ0) is 45.3. The van der Waals surface area contributed by atoms with Crippen molar-refractivity contribution in [1.29, 1.82) is 0 Å². The van der Waals surface area contributed by atoms with E-state index in [4.69, 9.17) is 25.1 Å². The summed E-state index contributed by atoms with van der Waals surface area (Å²) in [6.45, 7) is -0.568. The number of nitrogen functional groups attached to an aromatic ring is 1. The number of hydrogen-bond donors (Lipinski definition) is 2. The Kier molecular flexibility index (Phi) is 29.8. The number of hydrogen-bond acceptors (Lipinski definition) is 11. The van der Waals surface area contributed by atoms with Crippen molar-refractivity contribution in [3.05, 3.63) is 22.7 Å². The summed E-state index contributed by atoms with van der Waals surface area (Å²) in [6.07, 6.45) is 27.0. The van der Waals surface area contributed by atoms with Gasteiger partial charge in [0.05, 0.1) is 0 Å².